The van der Waals surface area contributed by atoms with Crippen LogP contribution in [0.3, 0.4) is 0 Å². The predicted octanol–water partition coefficient (Wildman–Crippen LogP) is 2.94. The molecule has 0 saturated carbocycles. The smallest absolute Gasteiger partial charge is 0.0991 e. The summed E-state index contributed by atoms with van der Waals surface area (Å²) in [5.74, 6) is 0.289. The average molecular weight is 291 g/mol. The Morgan fingerprint density at radius 1 is 1.23 bits per heavy atom. The van der Waals surface area contributed by atoms with E-state index in [9.17, 15) is 0 Å². The van der Waals surface area contributed by atoms with Crippen LogP contribution >= 0.6 is 0 Å². The lowest BCUT2D eigenvalue weighted by molar-refractivity contribution is 0.223. The minimum absolute atomic E-state index is 0.269. The maximum absolute atomic E-state index is 9.15. The van der Waals surface area contributed by atoms with Crippen LogP contribution in [0.25, 0.3) is 0 Å². The Morgan fingerprint density at radius 3 is 2.77 bits per heavy atom. The van der Waals surface area contributed by atoms with E-state index in [0.717, 1.165) is 12.1 Å². The number of nitrogens with two attached hydrogens (primary N) is 1. The Kier molecular flexibility index (Phi) is 3.98. The molecule has 112 valence electrons. The summed E-state index contributed by atoms with van der Waals surface area (Å²) in [5, 5.41) is 9.15. The molecule has 0 spiro atoms. The predicted molar refractivity (Wildman–Crippen MR) is 88.6 cm³/mol. The molecule has 1 aliphatic rings. The van der Waals surface area contributed by atoms with Crippen LogP contribution in [0.2, 0.25) is 0 Å². The number of hydrogen-bond donors (Lipinski definition) is 1. The Morgan fingerprint density at radius 2 is 2.05 bits per heavy atom. The van der Waals surface area contributed by atoms with E-state index in [0.29, 0.717) is 6.54 Å². The van der Waals surface area contributed by atoms with E-state index in [4.69, 9.17) is 11.0 Å². The molecular weight excluding hydrogens is 270 g/mol. The van der Waals surface area contributed by atoms with Crippen molar-refractivity contribution in [1.82, 2.24) is 4.90 Å². The standard InChI is InChI=1S/C19H21N3/c1-13-6-7-16-17(8-13)19(11-21)22(2)12-18(16)15-5-3-4-14(9-15)10-20/h3-9,18-19H,11-12,21H2,1-2H3. The summed E-state index contributed by atoms with van der Waals surface area (Å²) in [5.41, 5.74) is 11.8. The average Bonchev–Trinajstić information content (AvgIpc) is 2.54. The van der Waals surface area contributed by atoms with Crippen molar-refractivity contribution >= 4 is 0 Å². The summed E-state index contributed by atoms with van der Waals surface area (Å²) >= 11 is 0. The Labute approximate surface area is 132 Å². The van der Waals surface area contributed by atoms with Gasteiger partial charge in [-0.05, 0) is 42.8 Å². The molecule has 2 aromatic carbocycles. The molecule has 2 aromatic rings. The fraction of sp³-hybridized carbons (Fsp3) is 0.316. The largest absolute Gasteiger partial charge is 0.329 e. The van der Waals surface area contributed by atoms with Gasteiger partial charge in [-0.15, -0.1) is 0 Å². The highest BCUT2D eigenvalue weighted by atomic mass is 15.1. The van der Waals surface area contributed by atoms with Gasteiger partial charge in [-0.2, -0.15) is 5.26 Å². The minimum Gasteiger partial charge on any atom is -0.329 e. The van der Waals surface area contributed by atoms with Crippen molar-refractivity contribution in [3.05, 3.63) is 70.3 Å². The number of nitriles is 1. The highest BCUT2D eigenvalue weighted by Crippen LogP contribution is 2.38. The number of rotatable bonds is 2. The number of likely N-dealkylation sites (N-methyl/N-ethyl adjacent to an activating group) is 1. The molecule has 3 nitrogen and oxygen atoms in total. The number of nitrogens with zero attached hydrogens (tertiary/aromatic N) is 2. The number of benzene rings is 2. The highest BCUT2D eigenvalue weighted by Gasteiger charge is 2.31. The maximum Gasteiger partial charge on any atom is 0.0991 e. The van der Waals surface area contributed by atoms with E-state index in [1.807, 2.05) is 18.2 Å². The first kappa shape index (κ1) is 14.8. The molecular formula is C19H21N3. The van der Waals surface area contributed by atoms with Crippen LogP contribution in [0.5, 0.6) is 0 Å². The first-order valence-corrected chi connectivity index (χ1v) is 7.65. The lowest BCUT2D eigenvalue weighted by Crippen LogP contribution is -2.39. The Hall–Kier alpha value is -2.15. The number of hydrogen-bond acceptors (Lipinski definition) is 3. The molecule has 2 unspecified atom stereocenters. The van der Waals surface area contributed by atoms with Gasteiger partial charge in [0.25, 0.3) is 0 Å². The maximum atomic E-state index is 9.15. The van der Waals surface area contributed by atoms with E-state index >= 15 is 0 Å². The summed E-state index contributed by atoms with van der Waals surface area (Å²) in [6.07, 6.45) is 0. The van der Waals surface area contributed by atoms with Gasteiger partial charge in [0.1, 0.15) is 0 Å². The molecule has 0 radical (unpaired) electrons. The van der Waals surface area contributed by atoms with Crippen molar-refractivity contribution in [1.29, 1.82) is 5.26 Å². The van der Waals surface area contributed by atoms with Gasteiger partial charge in [-0.3, -0.25) is 4.90 Å². The second kappa shape index (κ2) is 5.92. The van der Waals surface area contributed by atoms with Gasteiger partial charge >= 0.3 is 0 Å². The molecule has 3 rings (SSSR count). The van der Waals surface area contributed by atoms with Crippen LogP contribution in [-0.4, -0.2) is 25.0 Å². The van der Waals surface area contributed by atoms with Crippen molar-refractivity contribution in [3.63, 3.8) is 0 Å². The van der Waals surface area contributed by atoms with Gasteiger partial charge in [-0.1, -0.05) is 35.9 Å². The topological polar surface area (TPSA) is 53.0 Å². The molecule has 3 heteroatoms. The third kappa shape index (κ3) is 2.52. The van der Waals surface area contributed by atoms with E-state index in [1.54, 1.807) is 0 Å². The zero-order chi connectivity index (χ0) is 15.7. The van der Waals surface area contributed by atoms with Crippen LogP contribution in [0.15, 0.2) is 42.5 Å². The fourth-order valence-electron chi connectivity index (χ4n) is 3.47. The van der Waals surface area contributed by atoms with E-state index < -0.39 is 0 Å². The zero-order valence-electron chi connectivity index (χ0n) is 13.1. The van der Waals surface area contributed by atoms with Crippen molar-refractivity contribution in [2.45, 2.75) is 18.9 Å². The quantitative estimate of drug-likeness (QED) is 0.925. The molecule has 0 fully saturated rings. The van der Waals surface area contributed by atoms with Gasteiger partial charge in [0.15, 0.2) is 0 Å². The van der Waals surface area contributed by atoms with Gasteiger partial charge in [0, 0.05) is 25.0 Å². The van der Waals surface area contributed by atoms with Crippen LogP contribution in [0.1, 0.15) is 39.8 Å². The molecule has 2 atom stereocenters. The van der Waals surface area contributed by atoms with E-state index in [1.165, 1.54) is 22.3 Å². The number of fused-ring (bicyclic) bond motifs is 1. The highest BCUT2D eigenvalue weighted by molar-refractivity contribution is 5.46. The van der Waals surface area contributed by atoms with Crippen LogP contribution < -0.4 is 5.73 Å². The summed E-state index contributed by atoms with van der Waals surface area (Å²) in [6.45, 7) is 3.67. The molecule has 1 aliphatic heterocycles. The zero-order valence-corrected chi connectivity index (χ0v) is 13.1. The third-order valence-electron chi connectivity index (χ3n) is 4.62. The monoisotopic (exact) mass is 291 g/mol. The molecule has 0 saturated heterocycles. The lowest BCUT2D eigenvalue weighted by atomic mass is 9.80. The normalized spacial score (nSPS) is 21.2. The second-order valence-electron chi connectivity index (χ2n) is 6.11. The van der Waals surface area contributed by atoms with Crippen molar-refractivity contribution in [3.8, 4) is 6.07 Å². The van der Waals surface area contributed by atoms with Crippen molar-refractivity contribution in [2.24, 2.45) is 5.73 Å². The van der Waals surface area contributed by atoms with Crippen molar-refractivity contribution in [2.75, 3.05) is 20.1 Å². The molecule has 2 N–H and O–H groups in total. The molecule has 0 aliphatic carbocycles. The van der Waals surface area contributed by atoms with E-state index in [2.05, 4.69) is 49.2 Å². The molecule has 0 aromatic heterocycles. The summed E-state index contributed by atoms with van der Waals surface area (Å²) in [4.78, 5) is 2.32. The summed E-state index contributed by atoms with van der Waals surface area (Å²) in [7, 11) is 2.13. The molecule has 0 bridgehead atoms. The fourth-order valence-corrected chi connectivity index (χ4v) is 3.47. The van der Waals surface area contributed by atoms with Gasteiger partial charge in [0.2, 0.25) is 0 Å². The van der Waals surface area contributed by atoms with Crippen LogP contribution in [-0.2, 0) is 0 Å². The van der Waals surface area contributed by atoms with Gasteiger partial charge in [0.05, 0.1) is 11.6 Å². The van der Waals surface area contributed by atoms with Crippen LogP contribution in [0, 0.1) is 18.3 Å². The van der Waals surface area contributed by atoms with E-state index in [-0.39, 0.29) is 12.0 Å². The van der Waals surface area contributed by atoms with Crippen LogP contribution in [0.4, 0.5) is 0 Å². The first-order chi connectivity index (χ1) is 10.6. The van der Waals surface area contributed by atoms with Gasteiger partial charge < -0.3 is 5.73 Å². The minimum atomic E-state index is 0.269. The molecule has 0 amide bonds. The number of aryl methyl sites for hydroxylation is 1. The Balaban J connectivity index is 2.12. The summed E-state index contributed by atoms with van der Waals surface area (Å²) in [6, 6.07) is 17.1. The second-order valence-corrected chi connectivity index (χ2v) is 6.11. The first-order valence-electron chi connectivity index (χ1n) is 7.65. The molecule has 22 heavy (non-hydrogen) atoms. The molecule has 1 heterocycles. The summed E-state index contributed by atoms with van der Waals surface area (Å²) < 4.78 is 0. The third-order valence-corrected chi connectivity index (χ3v) is 4.62. The SMILES string of the molecule is Cc1ccc2c(c1)C(CN)N(C)CC2c1cccc(C#N)c1. The Bertz CT molecular complexity index is 730. The van der Waals surface area contributed by atoms with Gasteiger partial charge in [-0.25, -0.2) is 0 Å². The van der Waals surface area contributed by atoms with Crippen molar-refractivity contribution < 1.29 is 0 Å². The lowest BCUT2D eigenvalue weighted by Gasteiger charge is -2.39.